The highest BCUT2D eigenvalue weighted by molar-refractivity contribution is 6.01. The number of ether oxygens (including phenoxy) is 3. The number of amides is 1. The molecule has 1 aromatic carbocycles. The third kappa shape index (κ3) is 4.92. The first-order chi connectivity index (χ1) is 17.3. The van der Waals surface area contributed by atoms with Crippen LogP contribution in [0.2, 0.25) is 0 Å². The van der Waals surface area contributed by atoms with Crippen LogP contribution in [-0.4, -0.2) is 41.6 Å². The average Bonchev–Trinajstić information content (AvgIpc) is 3.78. The molecule has 2 saturated carbocycles. The molecule has 0 spiro atoms. The van der Waals surface area contributed by atoms with E-state index in [1.54, 1.807) is 6.07 Å². The molecule has 190 valence electrons. The van der Waals surface area contributed by atoms with Gasteiger partial charge in [-0.2, -0.15) is 0 Å². The number of nitrogens with one attached hydrogen (secondary N) is 1. The van der Waals surface area contributed by atoms with Gasteiger partial charge in [0, 0.05) is 24.6 Å². The number of benzene rings is 1. The van der Waals surface area contributed by atoms with Crippen molar-refractivity contribution in [2.24, 2.45) is 5.92 Å². The molecule has 2 fully saturated rings. The Balaban J connectivity index is 1.28. The van der Waals surface area contributed by atoms with Gasteiger partial charge in [-0.05, 0) is 67.7 Å². The molecule has 2 aromatic rings. The molecule has 8 nitrogen and oxygen atoms in total. The fourth-order valence-corrected chi connectivity index (χ4v) is 4.74. The van der Waals surface area contributed by atoms with Gasteiger partial charge in [0.2, 0.25) is 5.75 Å². The van der Waals surface area contributed by atoms with E-state index in [1.807, 2.05) is 6.92 Å². The molecule has 1 aromatic heterocycles. The van der Waals surface area contributed by atoms with E-state index in [1.165, 1.54) is 31.5 Å². The van der Waals surface area contributed by atoms with Crippen molar-refractivity contribution in [2.75, 3.05) is 7.11 Å². The molecule has 0 aliphatic heterocycles. The summed E-state index contributed by atoms with van der Waals surface area (Å²) in [5, 5.41) is 2.76. The first-order valence-corrected chi connectivity index (χ1v) is 12.4. The SMILES string of the molecule is COc1ccnc(C(=O)NC2(C(=O)OC3CCc4cc(F)ccc4C3C)CC2)c1OC(=O)CC1CC1. The normalized spacial score (nSPS) is 21.6. The molecular weight excluding hydrogens is 467 g/mol. The molecule has 1 amide bonds. The van der Waals surface area contributed by atoms with Crippen LogP contribution < -0.4 is 14.8 Å². The van der Waals surface area contributed by atoms with Crippen molar-refractivity contribution < 1.29 is 33.0 Å². The average molecular weight is 497 g/mol. The summed E-state index contributed by atoms with van der Waals surface area (Å²) in [7, 11) is 1.41. The molecule has 5 rings (SSSR count). The Bertz CT molecular complexity index is 1210. The molecule has 9 heteroatoms. The Morgan fingerprint density at radius 2 is 1.94 bits per heavy atom. The van der Waals surface area contributed by atoms with E-state index in [-0.39, 0.29) is 41.5 Å². The minimum Gasteiger partial charge on any atom is -0.493 e. The zero-order chi connectivity index (χ0) is 25.4. The van der Waals surface area contributed by atoms with Gasteiger partial charge in [0.15, 0.2) is 11.4 Å². The first kappa shape index (κ1) is 24.2. The second-order valence-corrected chi connectivity index (χ2v) is 9.96. The van der Waals surface area contributed by atoms with Crippen molar-refractivity contribution in [1.82, 2.24) is 10.3 Å². The molecule has 2 atom stereocenters. The van der Waals surface area contributed by atoms with Gasteiger partial charge < -0.3 is 19.5 Å². The molecule has 3 aliphatic rings. The zero-order valence-electron chi connectivity index (χ0n) is 20.3. The highest BCUT2D eigenvalue weighted by Crippen LogP contribution is 2.41. The summed E-state index contributed by atoms with van der Waals surface area (Å²) in [6, 6.07) is 6.19. The van der Waals surface area contributed by atoms with Crippen LogP contribution in [0.15, 0.2) is 30.5 Å². The Kier molecular flexibility index (Phi) is 6.40. The number of pyridine rings is 1. The number of hydrogen-bond donors (Lipinski definition) is 1. The molecule has 0 saturated heterocycles. The number of carbonyl (C=O) groups is 3. The Labute approximate surface area is 208 Å². The maximum atomic E-state index is 13.6. The Morgan fingerprint density at radius 1 is 1.17 bits per heavy atom. The van der Waals surface area contributed by atoms with Gasteiger partial charge >= 0.3 is 11.9 Å². The largest absolute Gasteiger partial charge is 0.493 e. The minimum atomic E-state index is -1.15. The van der Waals surface area contributed by atoms with E-state index in [0.29, 0.717) is 31.6 Å². The van der Waals surface area contributed by atoms with Gasteiger partial charge in [-0.15, -0.1) is 0 Å². The summed E-state index contributed by atoms with van der Waals surface area (Å²) in [4.78, 5) is 42.8. The highest BCUT2D eigenvalue weighted by Gasteiger charge is 2.54. The van der Waals surface area contributed by atoms with Gasteiger partial charge in [-0.3, -0.25) is 9.59 Å². The van der Waals surface area contributed by atoms with E-state index < -0.39 is 23.4 Å². The minimum absolute atomic E-state index is 0.0583. The molecule has 3 aliphatic carbocycles. The van der Waals surface area contributed by atoms with Gasteiger partial charge in [0.1, 0.15) is 17.5 Å². The maximum Gasteiger partial charge on any atom is 0.332 e. The number of aromatic nitrogens is 1. The molecule has 0 radical (unpaired) electrons. The number of carbonyl (C=O) groups excluding carboxylic acids is 3. The summed E-state index contributed by atoms with van der Waals surface area (Å²) in [6.45, 7) is 1.95. The van der Waals surface area contributed by atoms with Gasteiger partial charge in [0.05, 0.1) is 7.11 Å². The van der Waals surface area contributed by atoms with Crippen LogP contribution in [0, 0.1) is 11.7 Å². The lowest BCUT2D eigenvalue weighted by Crippen LogP contribution is -2.46. The third-order valence-electron chi connectivity index (χ3n) is 7.27. The second-order valence-electron chi connectivity index (χ2n) is 9.96. The van der Waals surface area contributed by atoms with Gasteiger partial charge in [-0.25, -0.2) is 14.2 Å². The predicted molar refractivity (Wildman–Crippen MR) is 126 cm³/mol. The monoisotopic (exact) mass is 496 g/mol. The topological polar surface area (TPSA) is 104 Å². The van der Waals surface area contributed by atoms with Crippen LogP contribution >= 0.6 is 0 Å². The maximum absolute atomic E-state index is 13.6. The van der Waals surface area contributed by atoms with E-state index in [0.717, 1.165) is 24.0 Å². The van der Waals surface area contributed by atoms with Crippen LogP contribution in [0.5, 0.6) is 11.5 Å². The number of aryl methyl sites for hydroxylation is 1. The van der Waals surface area contributed by atoms with Crippen LogP contribution in [0.3, 0.4) is 0 Å². The molecule has 1 N–H and O–H groups in total. The van der Waals surface area contributed by atoms with Crippen LogP contribution in [0.1, 0.15) is 73.0 Å². The van der Waals surface area contributed by atoms with E-state index in [4.69, 9.17) is 14.2 Å². The fourth-order valence-electron chi connectivity index (χ4n) is 4.74. The van der Waals surface area contributed by atoms with E-state index in [9.17, 15) is 18.8 Å². The van der Waals surface area contributed by atoms with Crippen molar-refractivity contribution in [1.29, 1.82) is 0 Å². The summed E-state index contributed by atoms with van der Waals surface area (Å²) >= 11 is 0. The summed E-state index contributed by atoms with van der Waals surface area (Å²) in [6.07, 6.45) is 5.29. The van der Waals surface area contributed by atoms with Crippen molar-refractivity contribution in [3.63, 3.8) is 0 Å². The van der Waals surface area contributed by atoms with Crippen molar-refractivity contribution in [3.05, 3.63) is 53.1 Å². The first-order valence-electron chi connectivity index (χ1n) is 12.4. The summed E-state index contributed by atoms with van der Waals surface area (Å²) in [5.74, 6) is -1.51. The quantitative estimate of drug-likeness (QED) is 0.554. The van der Waals surface area contributed by atoms with Gasteiger partial charge in [0.25, 0.3) is 5.91 Å². The number of fused-ring (bicyclic) bond motifs is 1. The van der Waals surface area contributed by atoms with Crippen LogP contribution in [-0.2, 0) is 20.7 Å². The number of esters is 2. The van der Waals surface area contributed by atoms with Crippen LogP contribution in [0.4, 0.5) is 4.39 Å². The molecule has 1 heterocycles. The number of methoxy groups -OCH3 is 1. The standard InChI is InChI=1S/C27H29FN2O6/c1-15-19-7-6-18(28)14-17(19)5-8-20(15)35-26(33)27(10-11-27)30-25(32)23-24(21(34-2)9-12-29-23)36-22(31)13-16-3-4-16/h6-7,9,12,14-16,20H,3-5,8,10-11,13H2,1-2H3,(H,30,32). The highest BCUT2D eigenvalue weighted by atomic mass is 19.1. The predicted octanol–water partition coefficient (Wildman–Crippen LogP) is 3.86. The van der Waals surface area contributed by atoms with Crippen molar-refractivity contribution >= 4 is 17.8 Å². The molecule has 2 unspecified atom stereocenters. The summed E-state index contributed by atoms with van der Waals surface area (Å²) in [5.41, 5.74) is 0.615. The van der Waals surface area contributed by atoms with E-state index in [2.05, 4.69) is 10.3 Å². The van der Waals surface area contributed by atoms with E-state index >= 15 is 0 Å². The molecule has 0 bridgehead atoms. The second kappa shape index (κ2) is 9.52. The number of rotatable bonds is 8. The number of halogens is 1. The Morgan fingerprint density at radius 3 is 2.64 bits per heavy atom. The van der Waals surface area contributed by atoms with Crippen molar-refractivity contribution in [2.45, 2.75) is 69.4 Å². The lowest BCUT2D eigenvalue weighted by atomic mass is 9.81. The third-order valence-corrected chi connectivity index (χ3v) is 7.27. The Hall–Kier alpha value is -3.49. The molecular formula is C27H29FN2O6. The number of nitrogens with zero attached hydrogens (tertiary/aromatic N) is 1. The lowest BCUT2D eigenvalue weighted by molar-refractivity contribution is -0.154. The fraction of sp³-hybridized carbons (Fsp3) is 0.481. The summed E-state index contributed by atoms with van der Waals surface area (Å²) < 4.78 is 30.2. The van der Waals surface area contributed by atoms with Gasteiger partial charge in [-0.1, -0.05) is 13.0 Å². The van der Waals surface area contributed by atoms with Crippen LogP contribution in [0.25, 0.3) is 0 Å². The van der Waals surface area contributed by atoms with Crippen molar-refractivity contribution in [3.8, 4) is 11.5 Å². The smallest absolute Gasteiger partial charge is 0.332 e. The zero-order valence-corrected chi connectivity index (χ0v) is 20.3. The molecule has 36 heavy (non-hydrogen) atoms. The number of hydrogen-bond acceptors (Lipinski definition) is 7. The lowest BCUT2D eigenvalue weighted by Gasteiger charge is -2.32.